The molecule has 0 heterocycles. The smallest absolute Gasteiger partial charge is 0.119 e. The quantitative estimate of drug-likeness (QED) is 0.576. The Morgan fingerprint density at radius 3 is 2.58 bits per heavy atom. The molecular weight excluding hydrogens is 302 g/mol. The average molecular weight is 335 g/mol. The van der Waals surface area contributed by atoms with Gasteiger partial charge >= 0.3 is 0 Å². The minimum absolute atomic E-state index is 0.314. The molecule has 1 aliphatic carbocycles. The van der Waals surface area contributed by atoms with Crippen molar-refractivity contribution in [3.63, 3.8) is 0 Å². The number of aliphatic hydroxyl groups is 1. The Morgan fingerprint density at radius 1 is 1.21 bits per heavy atom. The van der Waals surface area contributed by atoms with E-state index in [1.54, 1.807) is 0 Å². The van der Waals surface area contributed by atoms with Crippen molar-refractivity contribution in [2.24, 2.45) is 5.92 Å². The number of ether oxygens (including phenoxy) is 2. The van der Waals surface area contributed by atoms with E-state index in [1.165, 1.54) is 24.8 Å². The van der Waals surface area contributed by atoms with Crippen molar-refractivity contribution >= 4 is 0 Å². The molecule has 0 spiro atoms. The molecule has 1 atom stereocenters. The van der Waals surface area contributed by atoms with E-state index in [0.29, 0.717) is 19.2 Å². The summed E-state index contributed by atoms with van der Waals surface area (Å²) < 4.78 is 11.4. The molecule has 1 aliphatic rings. The lowest BCUT2D eigenvalue weighted by atomic mass is 9.86. The Kier molecular flexibility index (Phi) is 8.57. The molecule has 0 aromatic heterocycles. The van der Waals surface area contributed by atoms with Crippen molar-refractivity contribution in [1.82, 2.24) is 5.32 Å². The first-order valence-electron chi connectivity index (χ1n) is 9.34. The van der Waals surface area contributed by atoms with E-state index in [9.17, 15) is 5.11 Å². The van der Waals surface area contributed by atoms with Crippen LogP contribution in [0.2, 0.25) is 0 Å². The lowest BCUT2D eigenvalue weighted by molar-refractivity contribution is 0.0690. The topological polar surface area (TPSA) is 50.7 Å². The van der Waals surface area contributed by atoms with Gasteiger partial charge in [0, 0.05) is 25.8 Å². The lowest BCUT2D eigenvalue weighted by Crippen LogP contribution is -2.35. The van der Waals surface area contributed by atoms with E-state index in [2.05, 4.69) is 31.3 Å². The SMILES string of the molecule is CC(C)NCC(O)COc1ccc(CCCOCC2CCC2)cc1. The minimum atomic E-state index is -0.486. The molecule has 0 bridgehead atoms. The minimum Gasteiger partial charge on any atom is -0.491 e. The van der Waals surface area contributed by atoms with Gasteiger partial charge in [-0.3, -0.25) is 0 Å². The summed E-state index contributed by atoms with van der Waals surface area (Å²) in [6, 6.07) is 8.52. The standard InChI is InChI=1S/C20H33NO3/c1-16(2)21-13-19(22)15-24-20-10-8-17(9-11-20)7-4-12-23-14-18-5-3-6-18/h8-11,16,18-19,21-22H,3-7,12-15H2,1-2H3. The molecular formula is C20H33NO3. The van der Waals surface area contributed by atoms with E-state index in [-0.39, 0.29) is 0 Å². The van der Waals surface area contributed by atoms with Gasteiger partial charge in [-0.05, 0) is 49.3 Å². The number of benzene rings is 1. The zero-order valence-electron chi connectivity index (χ0n) is 15.2. The highest BCUT2D eigenvalue weighted by Crippen LogP contribution is 2.26. The zero-order chi connectivity index (χ0) is 17.2. The number of aryl methyl sites for hydroxylation is 1. The fourth-order valence-electron chi connectivity index (χ4n) is 2.66. The first kappa shape index (κ1) is 19.2. The maximum atomic E-state index is 9.84. The molecule has 4 nitrogen and oxygen atoms in total. The summed E-state index contributed by atoms with van der Waals surface area (Å²) in [5.74, 6) is 1.64. The number of rotatable bonds is 12. The van der Waals surface area contributed by atoms with E-state index in [1.807, 2.05) is 12.1 Å². The van der Waals surface area contributed by atoms with Crippen LogP contribution in [0.25, 0.3) is 0 Å². The van der Waals surface area contributed by atoms with Crippen LogP contribution in [-0.2, 0) is 11.2 Å². The van der Waals surface area contributed by atoms with E-state index < -0.39 is 6.10 Å². The van der Waals surface area contributed by atoms with Crippen molar-refractivity contribution in [2.75, 3.05) is 26.4 Å². The van der Waals surface area contributed by atoms with Crippen molar-refractivity contribution in [3.05, 3.63) is 29.8 Å². The summed E-state index contributed by atoms with van der Waals surface area (Å²) in [4.78, 5) is 0. The van der Waals surface area contributed by atoms with Crippen LogP contribution in [0.15, 0.2) is 24.3 Å². The Bertz CT molecular complexity index is 443. The van der Waals surface area contributed by atoms with Gasteiger partial charge in [0.25, 0.3) is 0 Å². The highest BCUT2D eigenvalue weighted by Gasteiger charge is 2.16. The maximum Gasteiger partial charge on any atom is 0.119 e. The van der Waals surface area contributed by atoms with Crippen LogP contribution in [0.1, 0.15) is 45.1 Å². The van der Waals surface area contributed by atoms with Crippen LogP contribution in [0.4, 0.5) is 0 Å². The van der Waals surface area contributed by atoms with Crippen LogP contribution < -0.4 is 10.1 Å². The molecule has 1 saturated carbocycles. The Balaban J connectivity index is 1.56. The van der Waals surface area contributed by atoms with Gasteiger partial charge in [0.15, 0.2) is 0 Å². The van der Waals surface area contributed by atoms with E-state index in [0.717, 1.165) is 37.7 Å². The predicted octanol–water partition coefficient (Wildman–Crippen LogP) is 3.17. The summed E-state index contributed by atoms with van der Waals surface area (Å²) >= 11 is 0. The molecule has 2 rings (SSSR count). The van der Waals surface area contributed by atoms with Crippen molar-refractivity contribution in [2.45, 2.75) is 58.1 Å². The van der Waals surface area contributed by atoms with Gasteiger partial charge in [0.1, 0.15) is 18.5 Å². The summed E-state index contributed by atoms with van der Waals surface area (Å²) in [7, 11) is 0. The van der Waals surface area contributed by atoms with Gasteiger partial charge in [0.2, 0.25) is 0 Å². The van der Waals surface area contributed by atoms with Crippen LogP contribution in [-0.4, -0.2) is 43.6 Å². The van der Waals surface area contributed by atoms with Gasteiger partial charge in [-0.25, -0.2) is 0 Å². The summed E-state index contributed by atoms with van der Waals surface area (Å²) in [5.41, 5.74) is 1.30. The molecule has 0 amide bonds. The second kappa shape index (κ2) is 10.7. The van der Waals surface area contributed by atoms with Crippen LogP contribution in [0, 0.1) is 5.92 Å². The molecule has 1 aromatic rings. The van der Waals surface area contributed by atoms with Crippen molar-refractivity contribution in [1.29, 1.82) is 0 Å². The maximum absolute atomic E-state index is 9.84. The first-order chi connectivity index (χ1) is 11.6. The molecule has 1 unspecified atom stereocenters. The molecule has 24 heavy (non-hydrogen) atoms. The molecule has 0 saturated heterocycles. The Morgan fingerprint density at radius 2 is 1.96 bits per heavy atom. The van der Waals surface area contributed by atoms with Crippen molar-refractivity contribution < 1.29 is 14.6 Å². The van der Waals surface area contributed by atoms with Gasteiger partial charge in [0.05, 0.1) is 0 Å². The zero-order valence-corrected chi connectivity index (χ0v) is 15.2. The number of nitrogens with one attached hydrogen (secondary N) is 1. The fourth-order valence-corrected chi connectivity index (χ4v) is 2.66. The normalized spacial score (nSPS) is 16.2. The van der Waals surface area contributed by atoms with Crippen LogP contribution in [0.3, 0.4) is 0 Å². The second-order valence-electron chi connectivity index (χ2n) is 7.15. The number of hydrogen-bond acceptors (Lipinski definition) is 4. The third-order valence-electron chi connectivity index (χ3n) is 4.46. The molecule has 4 heteroatoms. The Labute approximate surface area is 146 Å². The Hall–Kier alpha value is -1.10. The summed E-state index contributed by atoms with van der Waals surface area (Å²) in [6.07, 6.45) is 5.69. The summed E-state index contributed by atoms with van der Waals surface area (Å²) in [5, 5.41) is 13.0. The highest BCUT2D eigenvalue weighted by atomic mass is 16.5. The van der Waals surface area contributed by atoms with E-state index in [4.69, 9.17) is 9.47 Å². The van der Waals surface area contributed by atoms with Crippen LogP contribution >= 0.6 is 0 Å². The molecule has 0 radical (unpaired) electrons. The van der Waals surface area contributed by atoms with Gasteiger partial charge < -0.3 is 19.9 Å². The lowest BCUT2D eigenvalue weighted by Gasteiger charge is -2.24. The second-order valence-corrected chi connectivity index (χ2v) is 7.15. The molecule has 0 aliphatic heterocycles. The molecule has 1 fully saturated rings. The van der Waals surface area contributed by atoms with Gasteiger partial charge in [-0.2, -0.15) is 0 Å². The number of aliphatic hydroxyl groups excluding tert-OH is 1. The molecule has 1 aromatic carbocycles. The largest absolute Gasteiger partial charge is 0.491 e. The molecule has 2 N–H and O–H groups in total. The van der Waals surface area contributed by atoms with Gasteiger partial charge in [-0.1, -0.05) is 32.4 Å². The van der Waals surface area contributed by atoms with Gasteiger partial charge in [-0.15, -0.1) is 0 Å². The number of hydrogen-bond donors (Lipinski definition) is 2. The fraction of sp³-hybridized carbons (Fsp3) is 0.700. The average Bonchev–Trinajstić information content (AvgIpc) is 2.53. The summed E-state index contributed by atoms with van der Waals surface area (Å²) in [6.45, 7) is 6.78. The van der Waals surface area contributed by atoms with Crippen LogP contribution in [0.5, 0.6) is 5.75 Å². The third-order valence-corrected chi connectivity index (χ3v) is 4.46. The highest BCUT2D eigenvalue weighted by molar-refractivity contribution is 5.27. The van der Waals surface area contributed by atoms with Crippen molar-refractivity contribution in [3.8, 4) is 5.75 Å². The third kappa shape index (κ3) is 7.65. The monoisotopic (exact) mass is 335 g/mol. The van der Waals surface area contributed by atoms with E-state index >= 15 is 0 Å². The molecule has 136 valence electrons. The predicted molar refractivity (Wildman–Crippen MR) is 97.6 cm³/mol. The first-order valence-corrected chi connectivity index (χ1v) is 9.34.